The Labute approximate surface area is 88.0 Å². The monoisotopic (exact) mass is 203 g/mol. The van der Waals surface area contributed by atoms with Crippen LogP contribution in [-0.4, -0.2) is 19.7 Å². The number of aromatic nitrogens is 4. The Kier molecular flexibility index (Phi) is 2.37. The van der Waals surface area contributed by atoms with E-state index < -0.39 is 0 Å². The molecule has 0 spiro atoms. The first-order chi connectivity index (χ1) is 7.20. The molecule has 2 aromatic rings. The van der Waals surface area contributed by atoms with E-state index in [0.717, 1.165) is 17.9 Å². The second-order valence-electron chi connectivity index (χ2n) is 3.26. The van der Waals surface area contributed by atoms with Gasteiger partial charge in [0.15, 0.2) is 0 Å². The number of hydrogen-bond acceptors (Lipinski definition) is 4. The highest BCUT2D eigenvalue weighted by Crippen LogP contribution is 2.17. The minimum Gasteiger partial charge on any atom is -0.384 e. The Bertz CT molecular complexity index is 454. The number of aryl methyl sites for hydroxylation is 2. The third kappa shape index (κ3) is 1.81. The van der Waals surface area contributed by atoms with Gasteiger partial charge in [0.05, 0.1) is 11.4 Å². The van der Waals surface area contributed by atoms with Crippen molar-refractivity contribution in [1.29, 1.82) is 0 Å². The van der Waals surface area contributed by atoms with Gasteiger partial charge in [0.25, 0.3) is 0 Å². The molecule has 0 saturated heterocycles. The molecule has 2 rings (SSSR count). The first-order valence-electron chi connectivity index (χ1n) is 4.84. The van der Waals surface area contributed by atoms with Crippen LogP contribution in [0.15, 0.2) is 18.3 Å². The lowest BCUT2D eigenvalue weighted by Crippen LogP contribution is -2.02. The molecule has 0 unspecified atom stereocenters. The van der Waals surface area contributed by atoms with E-state index in [0.29, 0.717) is 11.6 Å². The van der Waals surface area contributed by atoms with Gasteiger partial charge in [-0.15, -0.1) is 0 Å². The maximum Gasteiger partial charge on any atom is 0.128 e. The lowest BCUT2D eigenvalue weighted by Gasteiger charge is -2.05. The molecule has 0 aliphatic carbocycles. The van der Waals surface area contributed by atoms with Crippen LogP contribution in [0.1, 0.15) is 12.7 Å². The van der Waals surface area contributed by atoms with Crippen molar-refractivity contribution < 1.29 is 0 Å². The third-order valence-electron chi connectivity index (χ3n) is 2.14. The van der Waals surface area contributed by atoms with E-state index in [-0.39, 0.29) is 0 Å². The van der Waals surface area contributed by atoms with Crippen LogP contribution >= 0.6 is 0 Å². The molecule has 0 fully saturated rings. The van der Waals surface area contributed by atoms with Gasteiger partial charge in [0.2, 0.25) is 0 Å². The molecule has 2 N–H and O–H groups in total. The lowest BCUT2D eigenvalue weighted by atomic mass is 10.3. The van der Waals surface area contributed by atoms with Crippen molar-refractivity contribution in [2.75, 3.05) is 5.73 Å². The molecule has 0 aromatic carbocycles. The zero-order valence-corrected chi connectivity index (χ0v) is 8.81. The Morgan fingerprint density at radius 1 is 1.40 bits per heavy atom. The van der Waals surface area contributed by atoms with E-state index >= 15 is 0 Å². The zero-order chi connectivity index (χ0) is 10.8. The van der Waals surface area contributed by atoms with Crippen LogP contribution in [-0.2, 0) is 6.54 Å². The van der Waals surface area contributed by atoms with Crippen LogP contribution < -0.4 is 5.73 Å². The molecular weight excluding hydrogens is 190 g/mol. The van der Waals surface area contributed by atoms with E-state index in [1.807, 2.05) is 24.6 Å². The van der Waals surface area contributed by atoms with Gasteiger partial charge in [-0.2, -0.15) is 5.10 Å². The van der Waals surface area contributed by atoms with Crippen molar-refractivity contribution in [2.45, 2.75) is 20.4 Å². The fourth-order valence-corrected chi connectivity index (χ4v) is 1.52. The Hall–Kier alpha value is -1.91. The van der Waals surface area contributed by atoms with Crippen LogP contribution in [0.4, 0.5) is 5.82 Å². The van der Waals surface area contributed by atoms with Gasteiger partial charge in [-0.3, -0.25) is 4.68 Å². The number of nitrogen functional groups attached to an aromatic ring is 1. The quantitative estimate of drug-likeness (QED) is 0.797. The van der Waals surface area contributed by atoms with Crippen LogP contribution in [0.3, 0.4) is 0 Å². The van der Waals surface area contributed by atoms with Crippen molar-refractivity contribution in [1.82, 2.24) is 19.7 Å². The molecule has 0 aliphatic rings. The smallest absolute Gasteiger partial charge is 0.128 e. The minimum absolute atomic E-state index is 0.487. The van der Waals surface area contributed by atoms with Crippen LogP contribution in [0.5, 0.6) is 0 Å². The Morgan fingerprint density at radius 3 is 2.87 bits per heavy atom. The summed E-state index contributed by atoms with van der Waals surface area (Å²) in [7, 11) is 0. The number of anilines is 1. The second-order valence-corrected chi connectivity index (χ2v) is 3.26. The third-order valence-corrected chi connectivity index (χ3v) is 2.14. The lowest BCUT2D eigenvalue weighted by molar-refractivity contribution is 0.665. The molecular formula is C10H13N5. The topological polar surface area (TPSA) is 69.6 Å². The maximum atomic E-state index is 5.68. The maximum absolute atomic E-state index is 5.68. The Morgan fingerprint density at radius 2 is 2.20 bits per heavy atom. The summed E-state index contributed by atoms with van der Waals surface area (Å²) < 4.78 is 1.88. The van der Waals surface area contributed by atoms with Crippen molar-refractivity contribution in [2.24, 2.45) is 0 Å². The number of nitrogens with zero attached hydrogens (tertiary/aromatic N) is 4. The molecule has 5 nitrogen and oxygen atoms in total. The minimum atomic E-state index is 0.487. The summed E-state index contributed by atoms with van der Waals surface area (Å²) in [5.41, 5.74) is 7.46. The summed E-state index contributed by atoms with van der Waals surface area (Å²) in [6.07, 6.45) is 1.76. The van der Waals surface area contributed by atoms with Crippen molar-refractivity contribution >= 4 is 5.82 Å². The SMILES string of the molecule is CCn1nccc1-c1cc(N)nc(C)n1. The second kappa shape index (κ2) is 3.68. The van der Waals surface area contributed by atoms with Gasteiger partial charge in [-0.05, 0) is 19.9 Å². The predicted molar refractivity (Wildman–Crippen MR) is 58.1 cm³/mol. The average Bonchev–Trinajstić information content (AvgIpc) is 2.63. The van der Waals surface area contributed by atoms with E-state index in [4.69, 9.17) is 5.73 Å². The van der Waals surface area contributed by atoms with Gasteiger partial charge in [-0.1, -0.05) is 0 Å². The van der Waals surface area contributed by atoms with Gasteiger partial charge in [0, 0.05) is 18.8 Å². The standard InChI is InChI=1S/C10H13N5/c1-3-15-9(4-5-12-15)8-6-10(11)14-7(2)13-8/h4-6H,3H2,1-2H3,(H2,11,13,14). The normalized spacial score (nSPS) is 10.5. The Balaban J connectivity index is 2.53. The predicted octanol–water partition coefficient (Wildman–Crippen LogP) is 1.25. The van der Waals surface area contributed by atoms with Crippen molar-refractivity contribution in [3.63, 3.8) is 0 Å². The van der Waals surface area contributed by atoms with Crippen molar-refractivity contribution in [3.05, 3.63) is 24.2 Å². The van der Waals surface area contributed by atoms with E-state index in [2.05, 4.69) is 15.1 Å². The molecule has 0 radical (unpaired) electrons. The summed E-state index contributed by atoms with van der Waals surface area (Å²) in [6.45, 7) is 4.67. The van der Waals surface area contributed by atoms with Gasteiger partial charge >= 0.3 is 0 Å². The summed E-state index contributed by atoms with van der Waals surface area (Å²) in [5.74, 6) is 1.16. The highest BCUT2D eigenvalue weighted by molar-refractivity contribution is 5.57. The molecule has 5 heteroatoms. The number of hydrogen-bond donors (Lipinski definition) is 1. The fraction of sp³-hybridized carbons (Fsp3) is 0.300. The van der Waals surface area contributed by atoms with Crippen LogP contribution in [0.25, 0.3) is 11.4 Å². The zero-order valence-electron chi connectivity index (χ0n) is 8.81. The highest BCUT2D eigenvalue weighted by Gasteiger charge is 2.07. The fourth-order valence-electron chi connectivity index (χ4n) is 1.52. The average molecular weight is 203 g/mol. The molecule has 0 atom stereocenters. The largest absolute Gasteiger partial charge is 0.384 e. The molecule has 15 heavy (non-hydrogen) atoms. The van der Waals surface area contributed by atoms with Crippen molar-refractivity contribution in [3.8, 4) is 11.4 Å². The molecule has 78 valence electrons. The number of rotatable bonds is 2. The van der Waals surface area contributed by atoms with E-state index in [1.165, 1.54) is 0 Å². The molecule has 2 heterocycles. The highest BCUT2D eigenvalue weighted by atomic mass is 15.3. The van der Waals surface area contributed by atoms with E-state index in [9.17, 15) is 0 Å². The molecule has 0 aliphatic heterocycles. The van der Waals surface area contributed by atoms with Gasteiger partial charge < -0.3 is 5.73 Å². The summed E-state index contributed by atoms with van der Waals surface area (Å²) in [6, 6.07) is 3.68. The molecule has 0 amide bonds. The first-order valence-corrected chi connectivity index (χ1v) is 4.84. The van der Waals surface area contributed by atoms with Crippen LogP contribution in [0.2, 0.25) is 0 Å². The summed E-state index contributed by atoms with van der Waals surface area (Å²) in [5, 5.41) is 4.19. The molecule has 0 saturated carbocycles. The molecule has 0 bridgehead atoms. The summed E-state index contributed by atoms with van der Waals surface area (Å²) in [4.78, 5) is 8.37. The van der Waals surface area contributed by atoms with E-state index in [1.54, 1.807) is 12.3 Å². The van der Waals surface area contributed by atoms with Crippen LogP contribution in [0, 0.1) is 6.92 Å². The van der Waals surface area contributed by atoms with Gasteiger partial charge in [0.1, 0.15) is 11.6 Å². The van der Waals surface area contributed by atoms with Gasteiger partial charge in [-0.25, -0.2) is 9.97 Å². The number of nitrogens with two attached hydrogens (primary N) is 1. The first kappa shape index (κ1) is 9.64. The molecule has 2 aromatic heterocycles. The summed E-state index contributed by atoms with van der Waals surface area (Å²) >= 11 is 0.